The van der Waals surface area contributed by atoms with Crippen LogP contribution in [0.2, 0.25) is 0 Å². The van der Waals surface area contributed by atoms with Gasteiger partial charge in [0.05, 0.1) is 12.7 Å². The van der Waals surface area contributed by atoms with Crippen LogP contribution in [0.15, 0.2) is 53.0 Å². The van der Waals surface area contributed by atoms with Crippen molar-refractivity contribution in [2.75, 3.05) is 6.61 Å². The Hall–Kier alpha value is -1.32. The third kappa shape index (κ3) is 4.87. The normalized spacial score (nSPS) is 12.1. The number of rotatable bonds is 7. The summed E-state index contributed by atoms with van der Waals surface area (Å²) in [5, 5.41) is 10.3. The van der Waals surface area contributed by atoms with Gasteiger partial charge in [-0.2, -0.15) is 0 Å². The zero-order valence-corrected chi connectivity index (χ0v) is 13.8. The largest absolute Gasteiger partial charge is 0.494 e. The van der Waals surface area contributed by atoms with Gasteiger partial charge in [0.15, 0.2) is 0 Å². The molecule has 0 aliphatic carbocycles. The van der Waals surface area contributed by atoms with Crippen LogP contribution in [0, 0.1) is 0 Å². The first kappa shape index (κ1) is 16.1. The summed E-state index contributed by atoms with van der Waals surface area (Å²) in [5.74, 6) is 0.861. The second kappa shape index (κ2) is 8.20. The maximum atomic E-state index is 10.3. The summed E-state index contributed by atoms with van der Waals surface area (Å²) >= 11 is 3.51. The highest BCUT2D eigenvalue weighted by atomic mass is 79.9. The Balaban J connectivity index is 1.96. The van der Waals surface area contributed by atoms with E-state index in [9.17, 15) is 5.11 Å². The fourth-order valence-electron chi connectivity index (χ4n) is 2.11. The zero-order valence-electron chi connectivity index (χ0n) is 12.3. The van der Waals surface area contributed by atoms with Crippen LogP contribution in [-0.4, -0.2) is 11.7 Å². The van der Waals surface area contributed by atoms with Crippen molar-refractivity contribution in [1.29, 1.82) is 0 Å². The third-order valence-corrected chi connectivity index (χ3v) is 4.18. The van der Waals surface area contributed by atoms with Crippen molar-refractivity contribution >= 4 is 15.9 Å². The summed E-state index contributed by atoms with van der Waals surface area (Å²) < 4.78 is 6.66. The molecule has 0 spiro atoms. The van der Waals surface area contributed by atoms with Gasteiger partial charge in [0.2, 0.25) is 0 Å². The van der Waals surface area contributed by atoms with Gasteiger partial charge in [-0.1, -0.05) is 59.6 Å². The molecule has 0 saturated carbocycles. The first-order valence-electron chi connectivity index (χ1n) is 7.35. The van der Waals surface area contributed by atoms with Gasteiger partial charge in [0, 0.05) is 10.9 Å². The van der Waals surface area contributed by atoms with E-state index < -0.39 is 6.10 Å². The van der Waals surface area contributed by atoms with E-state index in [4.69, 9.17) is 4.74 Å². The average Bonchev–Trinajstić information content (AvgIpc) is 2.50. The van der Waals surface area contributed by atoms with Crippen molar-refractivity contribution < 1.29 is 9.84 Å². The molecule has 2 rings (SSSR count). The Morgan fingerprint density at radius 2 is 1.81 bits per heavy atom. The number of benzene rings is 2. The molecule has 0 aromatic heterocycles. The van der Waals surface area contributed by atoms with E-state index in [-0.39, 0.29) is 0 Å². The molecular formula is C18H21BrO2. The molecule has 112 valence electrons. The molecular weight excluding hydrogens is 328 g/mol. The predicted molar refractivity (Wildman–Crippen MR) is 89.7 cm³/mol. The number of unbranched alkanes of at least 4 members (excludes halogenated alkanes) is 1. The highest BCUT2D eigenvalue weighted by Gasteiger charge is 2.10. The minimum Gasteiger partial charge on any atom is -0.494 e. The van der Waals surface area contributed by atoms with E-state index in [0.29, 0.717) is 6.42 Å². The minimum absolute atomic E-state index is 0.506. The Bertz CT molecular complexity index is 551. The monoisotopic (exact) mass is 348 g/mol. The summed E-state index contributed by atoms with van der Waals surface area (Å²) in [4.78, 5) is 0. The molecule has 0 heterocycles. The zero-order chi connectivity index (χ0) is 15.1. The number of hydrogen-bond donors (Lipinski definition) is 1. The van der Waals surface area contributed by atoms with Gasteiger partial charge in [-0.3, -0.25) is 0 Å². The van der Waals surface area contributed by atoms with E-state index in [0.717, 1.165) is 40.8 Å². The fourth-order valence-corrected chi connectivity index (χ4v) is 2.56. The quantitative estimate of drug-likeness (QED) is 0.720. The Morgan fingerprint density at radius 3 is 2.48 bits per heavy atom. The molecule has 0 aliphatic rings. The summed E-state index contributed by atoms with van der Waals surface area (Å²) in [6, 6.07) is 15.7. The molecule has 1 unspecified atom stereocenters. The van der Waals surface area contributed by atoms with Crippen LogP contribution in [0.4, 0.5) is 0 Å². The maximum absolute atomic E-state index is 10.3. The van der Waals surface area contributed by atoms with E-state index in [1.165, 1.54) is 0 Å². The molecule has 21 heavy (non-hydrogen) atoms. The van der Waals surface area contributed by atoms with Crippen LogP contribution in [0.1, 0.15) is 37.0 Å². The van der Waals surface area contributed by atoms with Crippen molar-refractivity contribution in [3.8, 4) is 5.75 Å². The lowest BCUT2D eigenvalue weighted by molar-refractivity contribution is 0.178. The van der Waals surface area contributed by atoms with Gasteiger partial charge >= 0.3 is 0 Å². The molecule has 0 aliphatic heterocycles. The molecule has 2 aromatic rings. The molecule has 1 N–H and O–H groups in total. The predicted octanol–water partition coefficient (Wildman–Crippen LogP) is 4.90. The molecule has 2 nitrogen and oxygen atoms in total. The van der Waals surface area contributed by atoms with Crippen LogP contribution in [0.5, 0.6) is 5.75 Å². The summed E-state index contributed by atoms with van der Waals surface area (Å²) in [7, 11) is 0. The van der Waals surface area contributed by atoms with Crippen molar-refractivity contribution in [3.05, 3.63) is 64.1 Å². The van der Waals surface area contributed by atoms with Crippen molar-refractivity contribution in [2.45, 2.75) is 32.3 Å². The first-order valence-corrected chi connectivity index (χ1v) is 8.14. The van der Waals surface area contributed by atoms with Crippen LogP contribution in [-0.2, 0) is 6.42 Å². The highest BCUT2D eigenvalue weighted by Crippen LogP contribution is 2.25. The number of hydrogen-bond acceptors (Lipinski definition) is 2. The molecule has 2 aromatic carbocycles. The Kier molecular flexibility index (Phi) is 6.27. The van der Waals surface area contributed by atoms with Gasteiger partial charge in [0.1, 0.15) is 5.75 Å². The molecule has 0 radical (unpaired) electrons. The van der Waals surface area contributed by atoms with Crippen LogP contribution in [0.25, 0.3) is 0 Å². The first-order chi connectivity index (χ1) is 10.2. The number of ether oxygens (including phenoxy) is 1. The molecule has 0 bridgehead atoms. The lowest BCUT2D eigenvalue weighted by atomic mass is 10.0. The van der Waals surface area contributed by atoms with Crippen LogP contribution < -0.4 is 4.74 Å². The van der Waals surface area contributed by atoms with E-state index >= 15 is 0 Å². The average molecular weight is 349 g/mol. The highest BCUT2D eigenvalue weighted by molar-refractivity contribution is 9.10. The number of aliphatic hydroxyl groups excluding tert-OH is 1. The summed E-state index contributed by atoms with van der Waals surface area (Å²) in [6.07, 6.45) is 2.28. The standard InChI is InChI=1S/C18H21BrO2/c1-2-3-12-21-16-10-8-14(9-11-16)18(20)13-15-6-4-5-7-17(15)19/h4-11,18,20H,2-3,12-13H2,1H3. The second-order valence-corrected chi connectivity index (χ2v) is 5.94. The van der Waals surface area contributed by atoms with Crippen molar-refractivity contribution in [3.63, 3.8) is 0 Å². The number of halogens is 1. The van der Waals surface area contributed by atoms with Gasteiger partial charge in [-0.05, 0) is 35.7 Å². The third-order valence-electron chi connectivity index (χ3n) is 3.40. The van der Waals surface area contributed by atoms with Gasteiger partial charge in [0.25, 0.3) is 0 Å². The Morgan fingerprint density at radius 1 is 1.10 bits per heavy atom. The molecule has 3 heteroatoms. The van der Waals surface area contributed by atoms with Crippen molar-refractivity contribution in [2.24, 2.45) is 0 Å². The molecule has 1 atom stereocenters. The second-order valence-electron chi connectivity index (χ2n) is 5.08. The number of aliphatic hydroxyl groups is 1. The van der Waals surface area contributed by atoms with Crippen LogP contribution >= 0.6 is 15.9 Å². The smallest absolute Gasteiger partial charge is 0.119 e. The Labute approximate surface area is 134 Å². The van der Waals surface area contributed by atoms with E-state index in [2.05, 4.69) is 22.9 Å². The lowest BCUT2D eigenvalue weighted by Crippen LogP contribution is -2.03. The minimum atomic E-state index is -0.506. The van der Waals surface area contributed by atoms with E-state index in [1.807, 2.05) is 48.5 Å². The van der Waals surface area contributed by atoms with Crippen molar-refractivity contribution in [1.82, 2.24) is 0 Å². The maximum Gasteiger partial charge on any atom is 0.119 e. The fraction of sp³-hybridized carbons (Fsp3) is 0.333. The van der Waals surface area contributed by atoms with Gasteiger partial charge in [-0.15, -0.1) is 0 Å². The molecule has 0 fully saturated rings. The molecule has 0 saturated heterocycles. The molecule has 0 amide bonds. The summed E-state index contributed by atoms with van der Waals surface area (Å²) in [6.45, 7) is 2.89. The lowest BCUT2D eigenvalue weighted by Gasteiger charge is -2.13. The van der Waals surface area contributed by atoms with Gasteiger partial charge in [-0.25, -0.2) is 0 Å². The summed E-state index contributed by atoms with van der Waals surface area (Å²) in [5.41, 5.74) is 2.02. The van der Waals surface area contributed by atoms with Crippen LogP contribution in [0.3, 0.4) is 0 Å². The van der Waals surface area contributed by atoms with Gasteiger partial charge < -0.3 is 9.84 Å². The van der Waals surface area contributed by atoms with E-state index in [1.54, 1.807) is 0 Å². The SMILES string of the molecule is CCCCOc1ccc(C(O)Cc2ccccc2Br)cc1. The topological polar surface area (TPSA) is 29.5 Å².